The lowest BCUT2D eigenvalue weighted by atomic mass is 10.1. The third-order valence-electron chi connectivity index (χ3n) is 2.38. The molecule has 15 heavy (non-hydrogen) atoms. The number of hydrogen-bond acceptors (Lipinski definition) is 4. The van der Waals surface area contributed by atoms with Crippen LogP contribution >= 0.6 is 0 Å². The summed E-state index contributed by atoms with van der Waals surface area (Å²) in [7, 11) is 1.85. The van der Waals surface area contributed by atoms with Gasteiger partial charge in [0.15, 0.2) is 0 Å². The van der Waals surface area contributed by atoms with E-state index in [1.165, 1.54) is 0 Å². The van der Waals surface area contributed by atoms with E-state index in [1.54, 1.807) is 12.4 Å². The molecule has 1 heterocycles. The fourth-order valence-electron chi connectivity index (χ4n) is 1.29. The van der Waals surface area contributed by atoms with Gasteiger partial charge in [-0.1, -0.05) is 13.8 Å². The summed E-state index contributed by atoms with van der Waals surface area (Å²) in [5.74, 6) is 0.383. The standard InChI is InChI=1S/C11H19N3O/c1-8(2)11(7-15)14-10-4-9(12-3)5-13-6-10/h4-6,8,11-12,14-15H,7H2,1-3H3. The molecular formula is C11H19N3O. The molecule has 0 saturated carbocycles. The van der Waals surface area contributed by atoms with Crippen molar-refractivity contribution in [1.29, 1.82) is 0 Å². The van der Waals surface area contributed by atoms with Gasteiger partial charge in [-0.15, -0.1) is 0 Å². The summed E-state index contributed by atoms with van der Waals surface area (Å²) in [6.07, 6.45) is 3.51. The monoisotopic (exact) mass is 209 g/mol. The van der Waals surface area contributed by atoms with Crippen molar-refractivity contribution in [3.63, 3.8) is 0 Å². The second-order valence-corrected chi connectivity index (χ2v) is 3.89. The summed E-state index contributed by atoms with van der Waals surface area (Å²) in [6, 6.07) is 2.04. The fraction of sp³-hybridized carbons (Fsp3) is 0.545. The lowest BCUT2D eigenvalue weighted by molar-refractivity contribution is 0.249. The van der Waals surface area contributed by atoms with Crippen molar-refractivity contribution in [1.82, 2.24) is 4.98 Å². The number of hydrogen-bond donors (Lipinski definition) is 3. The molecule has 84 valence electrons. The van der Waals surface area contributed by atoms with Gasteiger partial charge in [-0.25, -0.2) is 0 Å². The molecule has 0 aliphatic rings. The van der Waals surface area contributed by atoms with E-state index >= 15 is 0 Å². The predicted molar refractivity (Wildman–Crippen MR) is 63.1 cm³/mol. The second kappa shape index (κ2) is 5.56. The number of aliphatic hydroxyl groups excluding tert-OH is 1. The molecule has 0 amide bonds. The average Bonchev–Trinajstić information content (AvgIpc) is 2.25. The van der Waals surface area contributed by atoms with Gasteiger partial charge in [-0.05, 0) is 12.0 Å². The molecule has 1 aromatic heterocycles. The number of nitrogens with zero attached hydrogens (tertiary/aromatic N) is 1. The van der Waals surface area contributed by atoms with E-state index in [0.29, 0.717) is 5.92 Å². The van der Waals surface area contributed by atoms with Crippen LogP contribution in [0.15, 0.2) is 18.5 Å². The Morgan fingerprint density at radius 1 is 1.33 bits per heavy atom. The molecule has 0 radical (unpaired) electrons. The lowest BCUT2D eigenvalue weighted by Crippen LogP contribution is -2.29. The van der Waals surface area contributed by atoms with E-state index in [4.69, 9.17) is 0 Å². The van der Waals surface area contributed by atoms with Gasteiger partial charge >= 0.3 is 0 Å². The van der Waals surface area contributed by atoms with Gasteiger partial charge in [-0.2, -0.15) is 0 Å². The van der Waals surface area contributed by atoms with Crippen LogP contribution in [0.5, 0.6) is 0 Å². The Kier molecular flexibility index (Phi) is 4.37. The van der Waals surface area contributed by atoms with Crippen molar-refractivity contribution < 1.29 is 5.11 Å². The van der Waals surface area contributed by atoms with Gasteiger partial charge in [0.1, 0.15) is 0 Å². The van der Waals surface area contributed by atoms with E-state index < -0.39 is 0 Å². The zero-order chi connectivity index (χ0) is 11.3. The molecule has 1 unspecified atom stereocenters. The first-order valence-corrected chi connectivity index (χ1v) is 5.17. The second-order valence-electron chi connectivity index (χ2n) is 3.89. The minimum absolute atomic E-state index is 0.0684. The average molecular weight is 209 g/mol. The van der Waals surface area contributed by atoms with Crippen LogP contribution < -0.4 is 10.6 Å². The maximum atomic E-state index is 9.19. The van der Waals surface area contributed by atoms with Crippen molar-refractivity contribution in [3.8, 4) is 0 Å². The first-order chi connectivity index (χ1) is 7.17. The third kappa shape index (κ3) is 3.40. The normalized spacial score (nSPS) is 12.6. The van der Waals surface area contributed by atoms with Crippen molar-refractivity contribution >= 4 is 11.4 Å². The van der Waals surface area contributed by atoms with E-state index in [9.17, 15) is 5.11 Å². The Bertz CT molecular complexity index is 302. The van der Waals surface area contributed by atoms with Gasteiger partial charge < -0.3 is 15.7 Å². The van der Waals surface area contributed by atoms with Crippen LogP contribution in [0.3, 0.4) is 0 Å². The quantitative estimate of drug-likeness (QED) is 0.688. The van der Waals surface area contributed by atoms with Gasteiger partial charge in [-0.3, -0.25) is 4.98 Å². The summed E-state index contributed by atoms with van der Waals surface area (Å²) >= 11 is 0. The van der Waals surface area contributed by atoms with Gasteiger partial charge in [0.2, 0.25) is 0 Å². The smallest absolute Gasteiger partial charge is 0.0635 e. The molecular weight excluding hydrogens is 190 g/mol. The van der Waals surface area contributed by atoms with Crippen molar-refractivity contribution in [3.05, 3.63) is 18.5 Å². The number of aliphatic hydroxyl groups is 1. The van der Waals surface area contributed by atoms with E-state index in [-0.39, 0.29) is 12.6 Å². The minimum atomic E-state index is 0.0684. The number of nitrogens with one attached hydrogen (secondary N) is 2. The SMILES string of the molecule is CNc1cncc(NC(CO)C(C)C)c1. The summed E-state index contributed by atoms with van der Waals surface area (Å²) in [6.45, 7) is 4.27. The zero-order valence-electron chi connectivity index (χ0n) is 9.49. The highest BCUT2D eigenvalue weighted by Gasteiger charge is 2.11. The van der Waals surface area contributed by atoms with Crippen molar-refractivity contribution in [2.45, 2.75) is 19.9 Å². The summed E-state index contributed by atoms with van der Waals surface area (Å²) in [5.41, 5.74) is 1.88. The maximum absolute atomic E-state index is 9.19. The van der Waals surface area contributed by atoms with E-state index in [1.807, 2.05) is 13.1 Å². The van der Waals surface area contributed by atoms with Crippen molar-refractivity contribution in [2.75, 3.05) is 24.3 Å². The molecule has 0 saturated heterocycles. The molecule has 0 bridgehead atoms. The molecule has 4 nitrogen and oxygen atoms in total. The highest BCUT2D eigenvalue weighted by Crippen LogP contribution is 2.15. The van der Waals surface area contributed by atoms with E-state index in [0.717, 1.165) is 11.4 Å². The Labute approximate surface area is 90.7 Å². The zero-order valence-corrected chi connectivity index (χ0v) is 9.49. The summed E-state index contributed by atoms with van der Waals surface area (Å²) < 4.78 is 0. The van der Waals surface area contributed by atoms with Crippen LogP contribution in [-0.2, 0) is 0 Å². The number of pyridine rings is 1. The first-order valence-electron chi connectivity index (χ1n) is 5.17. The molecule has 0 spiro atoms. The Balaban J connectivity index is 2.70. The molecule has 1 atom stereocenters. The lowest BCUT2D eigenvalue weighted by Gasteiger charge is -2.21. The van der Waals surface area contributed by atoms with E-state index in [2.05, 4.69) is 29.5 Å². The van der Waals surface area contributed by atoms with Gasteiger partial charge in [0.05, 0.1) is 36.4 Å². The van der Waals surface area contributed by atoms with Crippen LogP contribution in [0.25, 0.3) is 0 Å². The molecule has 0 aliphatic carbocycles. The van der Waals surface area contributed by atoms with Gasteiger partial charge in [0.25, 0.3) is 0 Å². The van der Waals surface area contributed by atoms with Crippen LogP contribution in [0.2, 0.25) is 0 Å². The number of aromatic nitrogens is 1. The number of anilines is 2. The Morgan fingerprint density at radius 2 is 2.00 bits per heavy atom. The maximum Gasteiger partial charge on any atom is 0.0635 e. The molecule has 3 N–H and O–H groups in total. The molecule has 0 fully saturated rings. The first kappa shape index (κ1) is 11.8. The minimum Gasteiger partial charge on any atom is -0.394 e. The van der Waals surface area contributed by atoms with Crippen LogP contribution in [0, 0.1) is 5.92 Å². The topological polar surface area (TPSA) is 57.2 Å². The highest BCUT2D eigenvalue weighted by molar-refractivity contribution is 5.54. The molecule has 4 heteroatoms. The molecule has 0 aromatic carbocycles. The Morgan fingerprint density at radius 3 is 2.53 bits per heavy atom. The summed E-state index contributed by atoms with van der Waals surface area (Å²) in [4.78, 5) is 4.10. The Hall–Kier alpha value is -1.29. The largest absolute Gasteiger partial charge is 0.394 e. The molecule has 1 rings (SSSR count). The summed E-state index contributed by atoms with van der Waals surface area (Å²) in [5, 5.41) is 15.5. The highest BCUT2D eigenvalue weighted by atomic mass is 16.3. The van der Waals surface area contributed by atoms with Crippen LogP contribution in [-0.4, -0.2) is 29.8 Å². The van der Waals surface area contributed by atoms with Crippen LogP contribution in [0.4, 0.5) is 11.4 Å². The third-order valence-corrected chi connectivity index (χ3v) is 2.38. The van der Waals surface area contributed by atoms with Gasteiger partial charge in [0, 0.05) is 7.05 Å². The van der Waals surface area contributed by atoms with Crippen molar-refractivity contribution in [2.24, 2.45) is 5.92 Å². The fourth-order valence-corrected chi connectivity index (χ4v) is 1.29. The molecule has 1 aromatic rings. The number of rotatable bonds is 5. The predicted octanol–water partition coefficient (Wildman–Crippen LogP) is 1.55. The van der Waals surface area contributed by atoms with Crippen LogP contribution in [0.1, 0.15) is 13.8 Å². The molecule has 0 aliphatic heterocycles.